The van der Waals surface area contributed by atoms with Gasteiger partial charge in [-0.05, 0) is 24.6 Å². The van der Waals surface area contributed by atoms with Gasteiger partial charge in [0.05, 0.1) is 24.6 Å². The molecule has 2 aromatic heterocycles. The standard InChI is InChI=1S/C20H16F2N4O3/c1-10-13(20(29)26-15-4-5-24-16(8-23)19(10)15)7-18(28)25-17(9-27)12-3-2-11(21)6-14(12)22/h2-6,17,27H,7,9H2,1H3,(H,25,28)(H,26,29)/t17-/m0/s1. The summed E-state index contributed by atoms with van der Waals surface area (Å²) in [4.78, 5) is 31.5. The van der Waals surface area contributed by atoms with Crippen molar-refractivity contribution in [1.29, 1.82) is 5.26 Å². The van der Waals surface area contributed by atoms with E-state index in [1.165, 1.54) is 6.20 Å². The Morgan fingerprint density at radius 1 is 1.38 bits per heavy atom. The molecule has 2 heterocycles. The number of rotatable bonds is 5. The van der Waals surface area contributed by atoms with Crippen LogP contribution in [0.5, 0.6) is 0 Å². The van der Waals surface area contributed by atoms with E-state index >= 15 is 0 Å². The third-order valence-corrected chi connectivity index (χ3v) is 4.60. The zero-order valence-electron chi connectivity index (χ0n) is 15.3. The molecule has 9 heteroatoms. The number of aliphatic hydroxyl groups is 1. The van der Waals surface area contributed by atoms with Crippen LogP contribution in [0.15, 0.2) is 35.3 Å². The van der Waals surface area contributed by atoms with Crippen LogP contribution in [0, 0.1) is 29.9 Å². The number of carbonyl (C=O) groups excluding carboxylic acids is 1. The number of aryl methyl sites for hydroxylation is 1. The van der Waals surface area contributed by atoms with Gasteiger partial charge in [-0.25, -0.2) is 13.8 Å². The van der Waals surface area contributed by atoms with Crippen molar-refractivity contribution in [2.45, 2.75) is 19.4 Å². The topological polar surface area (TPSA) is 119 Å². The zero-order valence-corrected chi connectivity index (χ0v) is 15.3. The van der Waals surface area contributed by atoms with Crippen LogP contribution in [-0.4, -0.2) is 27.6 Å². The van der Waals surface area contributed by atoms with Gasteiger partial charge in [0.2, 0.25) is 5.91 Å². The number of nitrogens with zero attached hydrogens (tertiary/aromatic N) is 2. The van der Waals surface area contributed by atoms with E-state index in [0.29, 0.717) is 22.5 Å². The maximum absolute atomic E-state index is 14.0. The number of fused-ring (bicyclic) bond motifs is 1. The quantitative estimate of drug-likeness (QED) is 0.605. The van der Waals surface area contributed by atoms with E-state index in [1.807, 2.05) is 6.07 Å². The van der Waals surface area contributed by atoms with Gasteiger partial charge in [0.1, 0.15) is 23.4 Å². The first-order valence-corrected chi connectivity index (χ1v) is 8.61. The van der Waals surface area contributed by atoms with Gasteiger partial charge in [-0.1, -0.05) is 6.07 Å². The van der Waals surface area contributed by atoms with Crippen molar-refractivity contribution in [3.05, 3.63) is 74.8 Å². The summed E-state index contributed by atoms with van der Waals surface area (Å²) in [7, 11) is 0. The lowest BCUT2D eigenvalue weighted by atomic mass is 10.0. The summed E-state index contributed by atoms with van der Waals surface area (Å²) in [5, 5.41) is 21.6. The number of H-pyrrole nitrogens is 1. The molecule has 1 amide bonds. The Kier molecular flexibility index (Phi) is 5.66. The van der Waals surface area contributed by atoms with Crippen molar-refractivity contribution in [3.63, 3.8) is 0 Å². The van der Waals surface area contributed by atoms with Crippen LogP contribution in [0.3, 0.4) is 0 Å². The highest BCUT2D eigenvalue weighted by Crippen LogP contribution is 2.21. The van der Waals surface area contributed by atoms with Gasteiger partial charge in [0.15, 0.2) is 0 Å². The molecule has 3 aromatic rings. The minimum Gasteiger partial charge on any atom is -0.394 e. The molecular formula is C20H16F2N4O3. The number of pyridine rings is 2. The van der Waals surface area contributed by atoms with Crippen molar-refractivity contribution in [2.75, 3.05) is 6.61 Å². The zero-order chi connectivity index (χ0) is 21.1. The number of benzene rings is 1. The normalized spacial score (nSPS) is 11.8. The van der Waals surface area contributed by atoms with Crippen molar-refractivity contribution < 1.29 is 18.7 Å². The average Bonchev–Trinajstić information content (AvgIpc) is 2.69. The number of aromatic amines is 1. The third-order valence-electron chi connectivity index (χ3n) is 4.60. The molecule has 0 saturated heterocycles. The Hall–Kier alpha value is -3.64. The highest BCUT2D eigenvalue weighted by Gasteiger charge is 2.21. The number of halogens is 2. The first kappa shape index (κ1) is 20.1. The van der Waals surface area contributed by atoms with Crippen LogP contribution in [0.4, 0.5) is 8.78 Å². The van der Waals surface area contributed by atoms with Crippen LogP contribution in [0.1, 0.15) is 28.4 Å². The molecule has 0 bridgehead atoms. The van der Waals surface area contributed by atoms with Crippen LogP contribution in [0.25, 0.3) is 10.9 Å². The molecule has 0 aliphatic carbocycles. The second-order valence-corrected chi connectivity index (χ2v) is 6.40. The molecule has 7 nitrogen and oxygen atoms in total. The van der Waals surface area contributed by atoms with Gasteiger partial charge in [-0.3, -0.25) is 9.59 Å². The summed E-state index contributed by atoms with van der Waals surface area (Å²) in [5.41, 5.74) is 0.494. The number of nitrogens with one attached hydrogen (secondary N) is 2. The number of hydrogen-bond donors (Lipinski definition) is 3. The van der Waals surface area contributed by atoms with Gasteiger partial charge in [-0.15, -0.1) is 0 Å². The van der Waals surface area contributed by atoms with Gasteiger partial charge < -0.3 is 15.4 Å². The molecule has 29 heavy (non-hydrogen) atoms. The van der Waals surface area contributed by atoms with Gasteiger partial charge in [0, 0.05) is 28.8 Å². The van der Waals surface area contributed by atoms with Crippen molar-refractivity contribution >= 4 is 16.8 Å². The monoisotopic (exact) mass is 398 g/mol. The van der Waals surface area contributed by atoms with Crippen LogP contribution in [-0.2, 0) is 11.2 Å². The highest BCUT2D eigenvalue weighted by atomic mass is 19.1. The fourth-order valence-electron chi connectivity index (χ4n) is 3.17. The Morgan fingerprint density at radius 3 is 2.79 bits per heavy atom. The van der Waals surface area contributed by atoms with Crippen molar-refractivity contribution in [1.82, 2.24) is 15.3 Å². The maximum Gasteiger partial charge on any atom is 0.252 e. The molecule has 0 spiro atoms. The van der Waals surface area contributed by atoms with E-state index in [2.05, 4.69) is 15.3 Å². The van der Waals surface area contributed by atoms with Crippen molar-refractivity contribution in [3.8, 4) is 6.07 Å². The predicted octanol–water partition coefficient (Wildman–Crippen LogP) is 1.77. The first-order chi connectivity index (χ1) is 13.8. The second-order valence-electron chi connectivity index (χ2n) is 6.40. The summed E-state index contributed by atoms with van der Waals surface area (Å²) < 4.78 is 27.0. The fraction of sp³-hybridized carbons (Fsp3) is 0.200. The van der Waals surface area contributed by atoms with Gasteiger partial charge in [0.25, 0.3) is 5.56 Å². The lowest BCUT2D eigenvalue weighted by Gasteiger charge is -2.18. The number of nitriles is 1. The fourth-order valence-corrected chi connectivity index (χ4v) is 3.17. The number of aromatic nitrogens is 2. The maximum atomic E-state index is 14.0. The van der Waals surface area contributed by atoms with Crippen LogP contribution < -0.4 is 10.9 Å². The van der Waals surface area contributed by atoms with E-state index in [0.717, 1.165) is 12.1 Å². The van der Waals surface area contributed by atoms with E-state index in [9.17, 15) is 28.7 Å². The number of carbonyl (C=O) groups is 1. The predicted molar refractivity (Wildman–Crippen MR) is 99.8 cm³/mol. The van der Waals surface area contributed by atoms with Crippen LogP contribution >= 0.6 is 0 Å². The molecule has 1 aromatic carbocycles. The molecular weight excluding hydrogens is 382 g/mol. The van der Waals surface area contributed by atoms with Crippen molar-refractivity contribution in [2.24, 2.45) is 0 Å². The summed E-state index contributed by atoms with van der Waals surface area (Å²) >= 11 is 0. The minimum absolute atomic E-state index is 0.0811. The molecule has 0 aliphatic rings. The largest absolute Gasteiger partial charge is 0.394 e. The Morgan fingerprint density at radius 2 is 2.14 bits per heavy atom. The lowest BCUT2D eigenvalue weighted by molar-refractivity contribution is -0.121. The Labute approximate surface area is 163 Å². The second kappa shape index (κ2) is 8.16. The number of hydrogen-bond acceptors (Lipinski definition) is 5. The molecule has 148 valence electrons. The molecule has 1 atom stereocenters. The Balaban J connectivity index is 1.91. The molecule has 0 unspecified atom stereocenters. The molecule has 0 aliphatic heterocycles. The Bertz CT molecular complexity index is 1200. The van der Waals surface area contributed by atoms with E-state index in [1.54, 1.807) is 13.0 Å². The number of aliphatic hydroxyl groups excluding tert-OH is 1. The molecule has 3 N–H and O–H groups in total. The van der Waals surface area contributed by atoms with E-state index in [-0.39, 0.29) is 23.2 Å². The van der Waals surface area contributed by atoms with E-state index < -0.39 is 35.7 Å². The van der Waals surface area contributed by atoms with Crippen LogP contribution in [0.2, 0.25) is 0 Å². The molecule has 0 fully saturated rings. The summed E-state index contributed by atoms with van der Waals surface area (Å²) in [6.45, 7) is 0.982. The summed E-state index contributed by atoms with van der Waals surface area (Å²) in [6, 6.07) is 5.18. The number of amides is 1. The molecule has 0 saturated carbocycles. The van der Waals surface area contributed by atoms with E-state index in [4.69, 9.17) is 0 Å². The smallest absolute Gasteiger partial charge is 0.252 e. The first-order valence-electron chi connectivity index (χ1n) is 8.61. The third kappa shape index (κ3) is 3.97. The minimum atomic E-state index is -1.11. The molecule has 0 radical (unpaired) electrons. The SMILES string of the molecule is Cc1c(CC(=O)N[C@@H](CO)c2ccc(F)cc2F)c(=O)[nH]c2ccnc(C#N)c12. The van der Waals surface area contributed by atoms with Gasteiger partial charge in [-0.2, -0.15) is 5.26 Å². The van der Waals surface area contributed by atoms with Gasteiger partial charge >= 0.3 is 0 Å². The summed E-state index contributed by atoms with van der Waals surface area (Å²) in [5.74, 6) is -2.34. The average molecular weight is 398 g/mol. The lowest BCUT2D eigenvalue weighted by Crippen LogP contribution is -2.34. The molecule has 3 rings (SSSR count). The summed E-state index contributed by atoms with van der Waals surface area (Å²) in [6.07, 6.45) is 1.03. The highest BCUT2D eigenvalue weighted by molar-refractivity contribution is 5.88.